The van der Waals surface area contributed by atoms with Crippen molar-refractivity contribution in [3.05, 3.63) is 64.7 Å². The molecule has 2 aromatic carbocycles. The molecule has 248 valence electrons. The molecule has 11 nitrogen and oxygen atoms in total. The Morgan fingerprint density at radius 1 is 0.957 bits per heavy atom. The van der Waals surface area contributed by atoms with Crippen LogP contribution in [0.5, 0.6) is 0 Å². The minimum absolute atomic E-state index is 0.0208. The zero-order valence-corrected chi connectivity index (χ0v) is 27.7. The topological polar surface area (TPSA) is 154 Å². The Bertz CT molecular complexity index is 1420. The fourth-order valence-corrected chi connectivity index (χ4v) is 5.91. The molecule has 0 radical (unpaired) electrons. The van der Waals surface area contributed by atoms with E-state index in [1.54, 1.807) is 29.2 Å². The Kier molecular flexibility index (Phi) is 11.4. The summed E-state index contributed by atoms with van der Waals surface area (Å²) in [6.45, 7) is 8.63. The summed E-state index contributed by atoms with van der Waals surface area (Å²) in [7, 11) is 0. The third-order valence-electron chi connectivity index (χ3n) is 8.77. The Morgan fingerprint density at radius 3 is 2.17 bits per heavy atom. The number of primary amides is 1. The third-order valence-corrected chi connectivity index (χ3v) is 9.02. The van der Waals surface area contributed by atoms with E-state index in [0.29, 0.717) is 36.8 Å². The van der Waals surface area contributed by atoms with Crippen LogP contribution in [0.3, 0.4) is 0 Å². The number of nitrogens with zero attached hydrogens (tertiary/aromatic N) is 2. The number of benzene rings is 2. The molecule has 3 atom stereocenters. The zero-order valence-electron chi connectivity index (χ0n) is 27.0. The van der Waals surface area contributed by atoms with Gasteiger partial charge in [-0.2, -0.15) is 0 Å². The zero-order chi connectivity index (χ0) is 33.6. The molecule has 46 heavy (non-hydrogen) atoms. The summed E-state index contributed by atoms with van der Waals surface area (Å²) in [6, 6.07) is 11.3. The molecule has 0 bridgehead atoms. The minimum atomic E-state index is -1.09. The smallest absolute Gasteiger partial charge is 0.319 e. The number of piperazine rings is 1. The summed E-state index contributed by atoms with van der Waals surface area (Å²) < 4.78 is 0. The number of anilines is 1. The van der Waals surface area contributed by atoms with Crippen molar-refractivity contribution in [2.45, 2.75) is 78.0 Å². The maximum atomic E-state index is 14.1. The van der Waals surface area contributed by atoms with Gasteiger partial charge in [-0.3, -0.25) is 24.1 Å². The SMILES string of the molecule is Cc1ccc(NC(=O)N[C@H](C(=O)N2CCN(Cc3ccc(Cl)cc3)[C@@H](C(=O)NC(CC3CCC3)C(=O)C(N)=O)C2)C(C)(C)C)cc1. The van der Waals surface area contributed by atoms with Crippen LogP contribution >= 0.6 is 11.6 Å². The van der Waals surface area contributed by atoms with Gasteiger partial charge in [0, 0.05) is 36.9 Å². The Labute approximate surface area is 275 Å². The van der Waals surface area contributed by atoms with Crippen molar-refractivity contribution < 1.29 is 24.0 Å². The predicted molar refractivity (Wildman–Crippen MR) is 177 cm³/mol. The molecule has 2 fully saturated rings. The summed E-state index contributed by atoms with van der Waals surface area (Å²) >= 11 is 6.09. The van der Waals surface area contributed by atoms with Crippen molar-refractivity contribution in [1.82, 2.24) is 20.4 Å². The molecule has 5 N–H and O–H groups in total. The first-order valence-electron chi connectivity index (χ1n) is 15.8. The van der Waals surface area contributed by atoms with E-state index in [1.807, 2.05) is 56.9 Å². The first-order valence-corrected chi connectivity index (χ1v) is 16.1. The third kappa shape index (κ3) is 9.29. The molecule has 1 aliphatic carbocycles. The number of hydrogen-bond donors (Lipinski definition) is 4. The van der Waals surface area contributed by atoms with Crippen LogP contribution in [0.1, 0.15) is 57.6 Å². The first kappa shape index (κ1) is 34.9. The lowest BCUT2D eigenvalue weighted by Gasteiger charge is -2.43. The molecule has 1 saturated carbocycles. The second-order valence-corrected chi connectivity index (χ2v) is 13.9. The minimum Gasteiger partial charge on any atom is -0.363 e. The van der Waals surface area contributed by atoms with Crippen LogP contribution in [-0.4, -0.2) is 77.1 Å². The predicted octanol–water partition coefficient (Wildman–Crippen LogP) is 3.63. The molecule has 1 aliphatic heterocycles. The summed E-state index contributed by atoms with van der Waals surface area (Å²) in [5, 5.41) is 9.03. The van der Waals surface area contributed by atoms with E-state index in [9.17, 15) is 24.0 Å². The van der Waals surface area contributed by atoms with Gasteiger partial charge in [-0.15, -0.1) is 0 Å². The Morgan fingerprint density at radius 2 is 1.61 bits per heavy atom. The van der Waals surface area contributed by atoms with Crippen LogP contribution in [0.25, 0.3) is 0 Å². The molecule has 5 amide bonds. The molecule has 1 heterocycles. The number of carbonyl (C=O) groups excluding carboxylic acids is 5. The van der Waals surface area contributed by atoms with Gasteiger partial charge in [0.1, 0.15) is 12.1 Å². The highest BCUT2D eigenvalue weighted by molar-refractivity contribution is 6.37. The highest BCUT2D eigenvalue weighted by Gasteiger charge is 2.41. The molecule has 0 spiro atoms. The second kappa shape index (κ2) is 15.1. The molecule has 2 aromatic rings. The number of hydrogen-bond acceptors (Lipinski definition) is 6. The van der Waals surface area contributed by atoms with E-state index in [2.05, 4.69) is 16.0 Å². The maximum absolute atomic E-state index is 14.1. The molecule has 2 aliphatic rings. The van der Waals surface area contributed by atoms with E-state index in [1.165, 1.54) is 0 Å². The molecule has 4 rings (SSSR count). The molecular weight excluding hydrogens is 608 g/mol. The molecule has 1 saturated heterocycles. The normalized spacial score (nSPS) is 18.5. The monoisotopic (exact) mass is 652 g/mol. The van der Waals surface area contributed by atoms with Crippen LogP contribution in [0, 0.1) is 18.3 Å². The van der Waals surface area contributed by atoms with E-state index >= 15 is 0 Å². The Balaban J connectivity index is 1.54. The standard InChI is InChI=1S/C34H45ClN6O5/c1-21-8-14-25(15-9-21)37-33(46)39-29(34(2,3)4)32(45)41-17-16-40(19-23-10-12-24(35)13-11-23)27(20-41)31(44)38-26(28(42)30(36)43)18-22-6-5-7-22/h8-15,22,26-27,29H,5-7,16-20H2,1-4H3,(H2,36,43)(H,38,44)(H2,37,39,46)/t26?,27-,29-/m1/s1. The Hall–Kier alpha value is -3.96. The maximum Gasteiger partial charge on any atom is 0.319 e. The summed E-state index contributed by atoms with van der Waals surface area (Å²) in [5.41, 5.74) is 7.26. The number of aryl methyl sites for hydroxylation is 1. The van der Waals surface area contributed by atoms with Crippen molar-refractivity contribution in [2.24, 2.45) is 17.1 Å². The average Bonchev–Trinajstić information content (AvgIpc) is 2.98. The first-order chi connectivity index (χ1) is 21.7. The van der Waals surface area contributed by atoms with Crippen molar-refractivity contribution in [1.29, 1.82) is 0 Å². The van der Waals surface area contributed by atoms with E-state index in [-0.39, 0.29) is 18.4 Å². The number of carbonyl (C=O) groups is 5. The van der Waals surface area contributed by atoms with E-state index in [0.717, 1.165) is 30.4 Å². The fourth-order valence-electron chi connectivity index (χ4n) is 5.78. The number of rotatable bonds is 11. The second-order valence-electron chi connectivity index (χ2n) is 13.5. The van der Waals surface area contributed by atoms with Gasteiger partial charge < -0.3 is 26.6 Å². The van der Waals surface area contributed by atoms with Gasteiger partial charge in [-0.05, 0) is 54.5 Å². The van der Waals surface area contributed by atoms with Crippen LogP contribution in [0.15, 0.2) is 48.5 Å². The highest BCUT2D eigenvalue weighted by Crippen LogP contribution is 2.31. The van der Waals surface area contributed by atoms with Gasteiger partial charge in [0.05, 0.1) is 6.04 Å². The quantitative estimate of drug-likeness (QED) is 0.272. The van der Waals surface area contributed by atoms with Gasteiger partial charge in [0.15, 0.2) is 0 Å². The van der Waals surface area contributed by atoms with Gasteiger partial charge in [0.25, 0.3) is 5.91 Å². The van der Waals surface area contributed by atoms with Crippen molar-refractivity contribution in [3.8, 4) is 0 Å². The van der Waals surface area contributed by atoms with Crippen LogP contribution in [-0.2, 0) is 25.7 Å². The fraction of sp³-hybridized carbons (Fsp3) is 0.500. The van der Waals surface area contributed by atoms with Gasteiger partial charge in [0.2, 0.25) is 17.6 Å². The molecular formula is C34H45ClN6O5. The molecule has 0 aromatic heterocycles. The highest BCUT2D eigenvalue weighted by atomic mass is 35.5. The summed E-state index contributed by atoms with van der Waals surface area (Å²) in [5.74, 6) is -2.48. The number of urea groups is 1. The largest absolute Gasteiger partial charge is 0.363 e. The molecule has 1 unspecified atom stereocenters. The average molecular weight is 653 g/mol. The number of ketones is 1. The number of nitrogens with two attached hydrogens (primary N) is 1. The van der Waals surface area contributed by atoms with Crippen molar-refractivity contribution in [3.63, 3.8) is 0 Å². The number of halogens is 1. The van der Waals surface area contributed by atoms with E-state index in [4.69, 9.17) is 17.3 Å². The van der Waals surface area contributed by atoms with Crippen molar-refractivity contribution in [2.75, 3.05) is 25.0 Å². The van der Waals surface area contributed by atoms with Crippen LogP contribution < -0.4 is 21.7 Å². The van der Waals surface area contributed by atoms with E-state index < -0.39 is 47.2 Å². The van der Waals surface area contributed by atoms with Crippen LogP contribution in [0.2, 0.25) is 5.02 Å². The van der Waals surface area contributed by atoms with Crippen molar-refractivity contribution >= 4 is 46.8 Å². The number of Topliss-reactive ketones (excluding diaryl/α,β-unsaturated/α-hetero) is 1. The number of nitrogens with one attached hydrogen (secondary N) is 3. The summed E-state index contributed by atoms with van der Waals surface area (Å²) in [6.07, 6.45) is 3.22. The summed E-state index contributed by atoms with van der Waals surface area (Å²) in [4.78, 5) is 69.1. The lowest BCUT2D eigenvalue weighted by atomic mass is 9.80. The van der Waals surface area contributed by atoms with Gasteiger partial charge >= 0.3 is 6.03 Å². The van der Waals surface area contributed by atoms with Gasteiger partial charge in [-0.1, -0.05) is 81.5 Å². The lowest BCUT2D eigenvalue weighted by Crippen LogP contribution is -2.64. The van der Waals surface area contributed by atoms with Gasteiger partial charge in [-0.25, -0.2) is 4.79 Å². The molecule has 12 heteroatoms. The lowest BCUT2D eigenvalue weighted by molar-refractivity contribution is -0.143. The number of amides is 5. The van der Waals surface area contributed by atoms with Crippen LogP contribution in [0.4, 0.5) is 10.5 Å².